The molecule has 1 aromatic carbocycles. The molecule has 0 saturated carbocycles. The van der Waals surface area contributed by atoms with E-state index < -0.39 is 11.5 Å². The number of amides is 1. The molecule has 0 spiro atoms. The number of carbonyl (C=O) groups is 1. The topological polar surface area (TPSA) is 95.1 Å². The smallest absolute Gasteiger partial charge is 0.267 e. The lowest BCUT2D eigenvalue weighted by Gasteiger charge is -2.14. The maximum Gasteiger partial charge on any atom is 0.267 e. The minimum absolute atomic E-state index is 0.142. The Balaban J connectivity index is 2.51. The molecule has 0 fully saturated rings. The van der Waals surface area contributed by atoms with Gasteiger partial charge in [0.1, 0.15) is 11.3 Å². The Morgan fingerprint density at radius 2 is 2.08 bits per heavy atom. The van der Waals surface area contributed by atoms with Crippen molar-refractivity contribution in [3.8, 4) is 11.8 Å². The molecule has 2 N–H and O–H groups in total. The van der Waals surface area contributed by atoms with E-state index in [0.717, 1.165) is 6.42 Å². The van der Waals surface area contributed by atoms with Crippen LogP contribution in [0.25, 0.3) is 10.9 Å². The van der Waals surface area contributed by atoms with Crippen LogP contribution in [0, 0.1) is 17.2 Å². The normalized spacial score (nSPS) is 10.8. The van der Waals surface area contributed by atoms with E-state index in [1.165, 1.54) is 4.57 Å². The van der Waals surface area contributed by atoms with Gasteiger partial charge in [0.05, 0.1) is 18.0 Å². The number of pyridine rings is 1. The lowest BCUT2D eigenvalue weighted by Crippen LogP contribution is -2.34. The molecule has 0 radical (unpaired) electrons. The molecule has 1 heterocycles. The standard InChI is InChI=1S/C18H21N3O3/c1-12(2)8-10-20-17(23)15-16(22)13-6-3-4-7-14(13)21(18(15)24)11-5-9-19/h3-4,6-7,12,22H,5,8,10-11H2,1-2H3,(H,20,23). The van der Waals surface area contributed by atoms with Gasteiger partial charge in [0, 0.05) is 18.5 Å². The summed E-state index contributed by atoms with van der Waals surface area (Å²) in [6.45, 7) is 4.67. The molecule has 0 aliphatic carbocycles. The molecule has 0 saturated heterocycles. The summed E-state index contributed by atoms with van der Waals surface area (Å²) in [6, 6.07) is 8.80. The van der Waals surface area contributed by atoms with E-state index in [2.05, 4.69) is 5.32 Å². The monoisotopic (exact) mass is 327 g/mol. The fraction of sp³-hybridized carbons (Fsp3) is 0.389. The average Bonchev–Trinajstić information content (AvgIpc) is 2.54. The van der Waals surface area contributed by atoms with Crippen molar-refractivity contribution in [1.29, 1.82) is 5.26 Å². The Morgan fingerprint density at radius 1 is 1.38 bits per heavy atom. The van der Waals surface area contributed by atoms with Crippen LogP contribution >= 0.6 is 0 Å². The summed E-state index contributed by atoms with van der Waals surface area (Å²) in [7, 11) is 0. The Morgan fingerprint density at radius 3 is 2.75 bits per heavy atom. The number of aryl methyl sites for hydroxylation is 1. The van der Waals surface area contributed by atoms with Gasteiger partial charge < -0.3 is 15.0 Å². The number of hydrogen-bond acceptors (Lipinski definition) is 4. The predicted octanol–water partition coefficient (Wildman–Crippen LogP) is 2.40. The Bertz CT molecular complexity index is 847. The van der Waals surface area contributed by atoms with Crippen molar-refractivity contribution in [3.63, 3.8) is 0 Å². The predicted molar refractivity (Wildman–Crippen MR) is 91.9 cm³/mol. The number of aromatic nitrogens is 1. The van der Waals surface area contributed by atoms with Crippen LogP contribution in [0.15, 0.2) is 29.1 Å². The van der Waals surface area contributed by atoms with Crippen LogP contribution in [-0.2, 0) is 6.54 Å². The maximum absolute atomic E-state index is 12.7. The van der Waals surface area contributed by atoms with Crippen molar-refractivity contribution in [2.45, 2.75) is 33.2 Å². The highest BCUT2D eigenvalue weighted by molar-refractivity contribution is 6.02. The van der Waals surface area contributed by atoms with Gasteiger partial charge in [-0.3, -0.25) is 9.59 Å². The number of para-hydroxylation sites is 1. The minimum Gasteiger partial charge on any atom is -0.506 e. The molecule has 1 amide bonds. The van der Waals surface area contributed by atoms with Crippen LogP contribution in [0.5, 0.6) is 5.75 Å². The molecule has 2 aromatic rings. The largest absolute Gasteiger partial charge is 0.506 e. The van der Waals surface area contributed by atoms with Crippen LogP contribution in [0.2, 0.25) is 0 Å². The maximum atomic E-state index is 12.7. The average molecular weight is 327 g/mol. The van der Waals surface area contributed by atoms with E-state index >= 15 is 0 Å². The number of nitrogens with zero attached hydrogens (tertiary/aromatic N) is 2. The van der Waals surface area contributed by atoms with Gasteiger partial charge in [-0.05, 0) is 24.5 Å². The zero-order valence-electron chi connectivity index (χ0n) is 13.9. The number of carbonyl (C=O) groups excluding carboxylic acids is 1. The first-order valence-electron chi connectivity index (χ1n) is 7.97. The summed E-state index contributed by atoms with van der Waals surface area (Å²) in [5.41, 5.74) is -0.340. The summed E-state index contributed by atoms with van der Waals surface area (Å²) in [5.74, 6) is -0.483. The van der Waals surface area contributed by atoms with Crippen LogP contribution < -0.4 is 10.9 Å². The van der Waals surface area contributed by atoms with Gasteiger partial charge in [-0.15, -0.1) is 0 Å². The molecule has 1 aromatic heterocycles. The highest BCUT2D eigenvalue weighted by Crippen LogP contribution is 2.26. The SMILES string of the molecule is CC(C)CCNC(=O)c1c(O)c2ccccc2n(CCC#N)c1=O. The number of fused-ring (bicyclic) bond motifs is 1. The second kappa shape index (κ2) is 7.64. The van der Waals surface area contributed by atoms with Crippen molar-refractivity contribution in [1.82, 2.24) is 9.88 Å². The van der Waals surface area contributed by atoms with Gasteiger partial charge in [0.15, 0.2) is 0 Å². The van der Waals surface area contributed by atoms with Crippen LogP contribution in [0.3, 0.4) is 0 Å². The van der Waals surface area contributed by atoms with E-state index in [-0.39, 0.29) is 24.3 Å². The highest BCUT2D eigenvalue weighted by atomic mass is 16.3. The molecule has 0 aliphatic heterocycles. The van der Waals surface area contributed by atoms with Crippen molar-refractivity contribution in [2.24, 2.45) is 5.92 Å². The summed E-state index contributed by atoms with van der Waals surface area (Å²) in [4.78, 5) is 25.1. The molecule has 0 atom stereocenters. The van der Waals surface area contributed by atoms with Crippen molar-refractivity contribution >= 4 is 16.8 Å². The number of nitrogens with one attached hydrogen (secondary N) is 1. The van der Waals surface area contributed by atoms with Crippen LogP contribution in [-0.4, -0.2) is 22.1 Å². The fourth-order valence-corrected chi connectivity index (χ4v) is 2.54. The van der Waals surface area contributed by atoms with Crippen molar-refractivity contribution in [2.75, 3.05) is 6.54 Å². The molecule has 0 unspecified atom stereocenters. The summed E-state index contributed by atoms with van der Waals surface area (Å²) < 4.78 is 1.37. The third-order valence-corrected chi connectivity index (χ3v) is 3.83. The number of aromatic hydroxyl groups is 1. The van der Waals surface area contributed by atoms with Gasteiger partial charge in [0.2, 0.25) is 0 Å². The van der Waals surface area contributed by atoms with E-state index in [9.17, 15) is 14.7 Å². The number of benzene rings is 1. The summed E-state index contributed by atoms with van der Waals surface area (Å²) >= 11 is 0. The third-order valence-electron chi connectivity index (χ3n) is 3.83. The molecule has 2 rings (SSSR count). The Hall–Kier alpha value is -2.81. The first-order valence-corrected chi connectivity index (χ1v) is 7.97. The van der Waals surface area contributed by atoms with Crippen LogP contribution in [0.4, 0.5) is 0 Å². The van der Waals surface area contributed by atoms with Gasteiger partial charge >= 0.3 is 0 Å². The molecule has 0 bridgehead atoms. The quantitative estimate of drug-likeness (QED) is 0.851. The first kappa shape index (κ1) is 17.5. The van der Waals surface area contributed by atoms with E-state index in [1.54, 1.807) is 24.3 Å². The third kappa shape index (κ3) is 3.57. The minimum atomic E-state index is -0.588. The number of rotatable bonds is 6. The Kier molecular flexibility index (Phi) is 5.59. The molecule has 126 valence electrons. The molecular weight excluding hydrogens is 306 g/mol. The first-order chi connectivity index (χ1) is 11.5. The molecular formula is C18H21N3O3. The van der Waals surface area contributed by atoms with Crippen LogP contribution in [0.1, 0.15) is 37.0 Å². The van der Waals surface area contributed by atoms with E-state index in [1.807, 2.05) is 19.9 Å². The van der Waals surface area contributed by atoms with E-state index in [4.69, 9.17) is 5.26 Å². The number of hydrogen-bond donors (Lipinski definition) is 2. The Labute approximate surface area is 140 Å². The van der Waals surface area contributed by atoms with Crippen molar-refractivity contribution in [3.05, 3.63) is 40.2 Å². The van der Waals surface area contributed by atoms with E-state index in [0.29, 0.717) is 23.4 Å². The van der Waals surface area contributed by atoms with Gasteiger partial charge in [-0.25, -0.2) is 0 Å². The number of nitriles is 1. The second-order valence-electron chi connectivity index (χ2n) is 6.04. The lowest BCUT2D eigenvalue weighted by molar-refractivity contribution is 0.0947. The lowest BCUT2D eigenvalue weighted by atomic mass is 10.1. The fourth-order valence-electron chi connectivity index (χ4n) is 2.54. The molecule has 6 heteroatoms. The van der Waals surface area contributed by atoms with Gasteiger partial charge in [-0.2, -0.15) is 5.26 Å². The van der Waals surface area contributed by atoms with Crippen molar-refractivity contribution < 1.29 is 9.90 Å². The van der Waals surface area contributed by atoms with Gasteiger partial charge in [-0.1, -0.05) is 26.0 Å². The summed E-state index contributed by atoms with van der Waals surface area (Å²) in [5, 5.41) is 22.3. The zero-order valence-corrected chi connectivity index (χ0v) is 13.9. The molecule has 6 nitrogen and oxygen atoms in total. The summed E-state index contributed by atoms with van der Waals surface area (Å²) in [6.07, 6.45) is 0.922. The molecule has 0 aliphatic rings. The molecule has 24 heavy (non-hydrogen) atoms. The second-order valence-corrected chi connectivity index (χ2v) is 6.04. The zero-order chi connectivity index (χ0) is 17.7. The highest BCUT2D eigenvalue weighted by Gasteiger charge is 2.21. The van der Waals surface area contributed by atoms with Gasteiger partial charge in [0.25, 0.3) is 11.5 Å².